The number of benzene rings is 3. The summed E-state index contributed by atoms with van der Waals surface area (Å²) in [6, 6.07) is 31.6. The molecule has 1 aliphatic rings. The molecule has 0 radical (unpaired) electrons. The van der Waals surface area contributed by atoms with Crippen LogP contribution in [0.2, 0.25) is 0 Å². The third-order valence-corrected chi connectivity index (χ3v) is 6.73. The Kier molecular flexibility index (Phi) is 6.85. The van der Waals surface area contributed by atoms with Crippen LogP contribution in [0.25, 0.3) is 11.3 Å². The first kappa shape index (κ1) is 22.8. The van der Waals surface area contributed by atoms with E-state index in [0.717, 1.165) is 52.9 Å². The first-order valence-corrected chi connectivity index (χ1v) is 12.3. The van der Waals surface area contributed by atoms with Crippen LogP contribution in [0.3, 0.4) is 0 Å². The molecule has 0 unspecified atom stereocenters. The molecule has 0 spiro atoms. The SMILES string of the molecule is CC1CCN(c2ccc(-c3ccc(NC(=O)C(c4ccccc4)c4ccccc4)cc3)nn2)CC1. The Bertz CT molecular complexity index is 1190. The molecule has 1 saturated heterocycles. The number of anilines is 2. The fraction of sp³-hybridized carbons (Fsp3) is 0.233. The van der Waals surface area contributed by atoms with Crippen LogP contribution >= 0.6 is 0 Å². The maximum Gasteiger partial charge on any atom is 0.236 e. The summed E-state index contributed by atoms with van der Waals surface area (Å²) < 4.78 is 0. The number of aromatic nitrogens is 2. The summed E-state index contributed by atoms with van der Waals surface area (Å²) in [6.45, 7) is 4.38. The number of amides is 1. The average Bonchev–Trinajstić information content (AvgIpc) is 2.91. The van der Waals surface area contributed by atoms with Crippen LogP contribution < -0.4 is 10.2 Å². The molecule has 0 saturated carbocycles. The molecule has 5 rings (SSSR count). The van der Waals surface area contributed by atoms with E-state index in [1.165, 1.54) is 12.8 Å². The molecule has 35 heavy (non-hydrogen) atoms. The predicted molar refractivity (Wildman–Crippen MR) is 141 cm³/mol. The highest BCUT2D eigenvalue weighted by Crippen LogP contribution is 2.28. The number of hydrogen-bond acceptors (Lipinski definition) is 4. The van der Waals surface area contributed by atoms with Gasteiger partial charge in [-0.25, -0.2) is 0 Å². The molecule has 2 heterocycles. The fourth-order valence-corrected chi connectivity index (χ4v) is 4.61. The average molecular weight is 463 g/mol. The first-order valence-electron chi connectivity index (χ1n) is 12.3. The minimum absolute atomic E-state index is 0.0601. The van der Waals surface area contributed by atoms with Gasteiger partial charge in [0, 0.05) is 24.3 Å². The summed E-state index contributed by atoms with van der Waals surface area (Å²) >= 11 is 0. The van der Waals surface area contributed by atoms with Crippen molar-refractivity contribution in [3.8, 4) is 11.3 Å². The second kappa shape index (κ2) is 10.5. The lowest BCUT2D eigenvalue weighted by molar-refractivity contribution is -0.116. The van der Waals surface area contributed by atoms with Gasteiger partial charge in [-0.15, -0.1) is 10.2 Å². The maximum absolute atomic E-state index is 13.3. The molecule has 3 aromatic carbocycles. The van der Waals surface area contributed by atoms with Crippen LogP contribution in [0.15, 0.2) is 97.1 Å². The third-order valence-electron chi connectivity index (χ3n) is 6.73. The van der Waals surface area contributed by atoms with Crippen molar-refractivity contribution in [2.75, 3.05) is 23.3 Å². The lowest BCUT2D eigenvalue weighted by Crippen LogP contribution is -2.33. The summed E-state index contributed by atoms with van der Waals surface area (Å²) in [5.41, 5.74) is 4.47. The Morgan fingerprint density at radius 3 is 1.94 bits per heavy atom. The van der Waals surface area contributed by atoms with Crippen molar-refractivity contribution in [3.63, 3.8) is 0 Å². The van der Waals surface area contributed by atoms with E-state index in [1.807, 2.05) is 91.0 Å². The normalized spacial score (nSPS) is 14.2. The molecule has 0 aliphatic carbocycles. The van der Waals surface area contributed by atoms with E-state index in [-0.39, 0.29) is 11.8 Å². The highest BCUT2D eigenvalue weighted by atomic mass is 16.1. The van der Waals surface area contributed by atoms with E-state index in [9.17, 15) is 4.79 Å². The van der Waals surface area contributed by atoms with Crippen molar-refractivity contribution in [1.29, 1.82) is 0 Å². The van der Waals surface area contributed by atoms with E-state index in [4.69, 9.17) is 0 Å². The molecule has 1 aromatic heterocycles. The zero-order valence-corrected chi connectivity index (χ0v) is 20.0. The van der Waals surface area contributed by atoms with Gasteiger partial charge in [0.1, 0.15) is 0 Å². The zero-order valence-electron chi connectivity index (χ0n) is 20.0. The van der Waals surface area contributed by atoms with Crippen LogP contribution in [-0.2, 0) is 4.79 Å². The summed E-state index contributed by atoms with van der Waals surface area (Å²) in [6.07, 6.45) is 2.40. The molecular weight excluding hydrogens is 432 g/mol. The summed E-state index contributed by atoms with van der Waals surface area (Å²) in [5.74, 6) is 1.29. The minimum Gasteiger partial charge on any atom is -0.355 e. The molecule has 0 atom stereocenters. The molecule has 1 aliphatic heterocycles. The molecule has 1 fully saturated rings. The summed E-state index contributed by atoms with van der Waals surface area (Å²) in [4.78, 5) is 15.6. The molecule has 1 amide bonds. The largest absolute Gasteiger partial charge is 0.355 e. The van der Waals surface area contributed by atoms with Crippen LogP contribution in [0.4, 0.5) is 11.5 Å². The highest BCUT2D eigenvalue weighted by molar-refractivity contribution is 5.98. The van der Waals surface area contributed by atoms with E-state index in [0.29, 0.717) is 0 Å². The zero-order chi connectivity index (χ0) is 24.0. The molecule has 0 bridgehead atoms. The fourth-order valence-electron chi connectivity index (χ4n) is 4.61. The maximum atomic E-state index is 13.3. The van der Waals surface area contributed by atoms with Gasteiger partial charge in [0.2, 0.25) is 5.91 Å². The van der Waals surface area contributed by atoms with Crippen LogP contribution in [0, 0.1) is 5.92 Å². The topological polar surface area (TPSA) is 58.1 Å². The minimum atomic E-state index is -0.381. The van der Waals surface area contributed by atoms with Crippen molar-refractivity contribution in [2.45, 2.75) is 25.7 Å². The van der Waals surface area contributed by atoms with Crippen LogP contribution in [0.1, 0.15) is 36.8 Å². The Morgan fingerprint density at radius 2 is 1.40 bits per heavy atom. The van der Waals surface area contributed by atoms with Crippen LogP contribution in [0.5, 0.6) is 0 Å². The molecule has 176 valence electrons. The van der Waals surface area contributed by atoms with Gasteiger partial charge in [-0.2, -0.15) is 0 Å². The van der Waals surface area contributed by atoms with Crippen molar-refractivity contribution < 1.29 is 4.79 Å². The number of hydrogen-bond donors (Lipinski definition) is 1. The van der Waals surface area contributed by atoms with Crippen molar-refractivity contribution in [3.05, 3.63) is 108 Å². The number of piperidine rings is 1. The second-order valence-electron chi connectivity index (χ2n) is 9.27. The van der Waals surface area contributed by atoms with Gasteiger partial charge < -0.3 is 10.2 Å². The van der Waals surface area contributed by atoms with Crippen LogP contribution in [-0.4, -0.2) is 29.2 Å². The Hall–Kier alpha value is -3.99. The van der Waals surface area contributed by atoms with E-state index in [2.05, 4.69) is 33.4 Å². The molecule has 4 aromatic rings. The number of carbonyl (C=O) groups excluding carboxylic acids is 1. The van der Waals surface area contributed by atoms with Gasteiger partial charge in [-0.05, 0) is 54.2 Å². The number of nitrogens with zero attached hydrogens (tertiary/aromatic N) is 3. The van der Waals surface area contributed by atoms with Gasteiger partial charge in [0.05, 0.1) is 11.6 Å². The van der Waals surface area contributed by atoms with E-state index < -0.39 is 0 Å². The lowest BCUT2D eigenvalue weighted by Gasteiger charge is -2.30. The Labute approximate surface area is 206 Å². The number of rotatable bonds is 6. The summed E-state index contributed by atoms with van der Waals surface area (Å²) in [5, 5.41) is 12.0. The number of nitrogens with one attached hydrogen (secondary N) is 1. The smallest absolute Gasteiger partial charge is 0.236 e. The van der Waals surface area contributed by atoms with Crippen molar-refractivity contribution in [1.82, 2.24) is 10.2 Å². The Morgan fingerprint density at radius 1 is 0.800 bits per heavy atom. The molecule has 1 N–H and O–H groups in total. The van der Waals surface area contributed by atoms with Gasteiger partial charge in [0.15, 0.2) is 5.82 Å². The predicted octanol–water partition coefficient (Wildman–Crippen LogP) is 6.15. The lowest BCUT2D eigenvalue weighted by atomic mass is 9.90. The highest BCUT2D eigenvalue weighted by Gasteiger charge is 2.22. The van der Waals surface area contributed by atoms with Crippen molar-refractivity contribution in [2.24, 2.45) is 5.92 Å². The van der Waals surface area contributed by atoms with Gasteiger partial charge in [-0.3, -0.25) is 4.79 Å². The third kappa shape index (κ3) is 5.40. The molecular formula is C30H30N4O. The standard InChI is InChI=1S/C30H30N4O/c1-22-18-20-34(21-19-22)28-17-16-27(32-33-28)23-12-14-26(15-13-23)31-30(35)29(24-8-4-2-5-9-24)25-10-6-3-7-11-25/h2-17,22,29H,18-21H2,1H3,(H,31,35). The molecule has 5 heteroatoms. The van der Waals surface area contributed by atoms with E-state index >= 15 is 0 Å². The second-order valence-corrected chi connectivity index (χ2v) is 9.27. The Balaban J connectivity index is 1.29. The quantitative estimate of drug-likeness (QED) is 0.373. The first-order chi connectivity index (χ1) is 17.2. The van der Waals surface area contributed by atoms with Gasteiger partial charge in [0.25, 0.3) is 0 Å². The van der Waals surface area contributed by atoms with E-state index in [1.54, 1.807) is 0 Å². The summed E-state index contributed by atoms with van der Waals surface area (Å²) in [7, 11) is 0. The van der Waals surface area contributed by atoms with Gasteiger partial charge in [-0.1, -0.05) is 79.7 Å². The molecule has 5 nitrogen and oxygen atoms in total. The number of carbonyl (C=O) groups is 1. The van der Waals surface area contributed by atoms with Crippen molar-refractivity contribution >= 4 is 17.4 Å². The monoisotopic (exact) mass is 462 g/mol. The van der Waals surface area contributed by atoms with Gasteiger partial charge >= 0.3 is 0 Å².